The molecule has 2 aliphatic rings. The number of aliphatic imine (C=N–C) groups is 1. The van der Waals surface area contributed by atoms with Crippen molar-refractivity contribution < 1.29 is 0 Å². The standard InChI is InChI=1S/C28H37N.CH4/c1-19(2)23(6)29-27(26-20(3)13-11-14-21(26)4)25-17-12-18-28(7,22(25)5)24-15-9-8-10-16-24;/h8-10,13,15-16,19H,6,11-12,14,17-18H2,1-5,7H3;1H4. The highest BCUT2D eigenvalue weighted by atomic mass is 14.8. The minimum atomic E-state index is 0. The van der Waals surface area contributed by atoms with E-state index in [1.807, 2.05) is 0 Å². The molecule has 0 bridgehead atoms. The molecule has 1 aromatic carbocycles. The Balaban J connectivity index is 0.00000320. The van der Waals surface area contributed by atoms with Crippen molar-refractivity contribution in [1.82, 2.24) is 0 Å². The van der Waals surface area contributed by atoms with Crippen molar-refractivity contribution >= 4 is 5.71 Å². The third-order valence-electron chi connectivity index (χ3n) is 7.03. The van der Waals surface area contributed by atoms with Crippen molar-refractivity contribution in [2.75, 3.05) is 0 Å². The lowest BCUT2D eigenvalue weighted by atomic mass is 9.66. The van der Waals surface area contributed by atoms with Crippen LogP contribution < -0.4 is 0 Å². The van der Waals surface area contributed by atoms with Gasteiger partial charge in [0.15, 0.2) is 0 Å². The maximum Gasteiger partial charge on any atom is 0.0738 e. The minimum absolute atomic E-state index is 0. The Bertz CT molecular complexity index is 905. The van der Waals surface area contributed by atoms with Crippen LogP contribution in [-0.4, -0.2) is 5.71 Å². The van der Waals surface area contributed by atoms with E-state index in [-0.39, 0.29) is 12.8 Å². The summed E-state index contributed by atoms with van der Waals surface area (Å²) in [6.07, 6.45) is 8.13. The highest BCUT2D eigenvalue weighted by molar-refractivity contribution is 6.16. The molecule has 0 heterocycles. The fourth-order valence-corrected chi connectivity index (χ4v) is 4.79. The molecular weight excluding hydrogens is 362 g/mol. The van der Waals surface area contributed by atoms with Gasteiger partial charge in [-0.1, -0.05) is 82.3 Å². The van der Waals surface area contributed by atoms with Gasteiger partial charge in [0.1, 0.15) is 0 Å². The molecule has 1 heteroatoms. The largest absolute Gasteiger partial charge is 0.253 e. The molecule has 1 nitrogen and oxygen atoms in total. The Morgan fingerprint density at radius 1 is 1.07 bits per heavy atom. The van der Waals surface area contributed by atoms with Crippen molar-refractivity contribution in [1.29, 1.82) is 0 Å². The summed E-state index contributed by atoms with van der Waals surface area (Å²) in [6, 6.07) is 11.0. The van der Waals surface area contributed by atoms with E-state index in [9.17, 15) is 0 Å². The Hall–Kier alpha value is -2.15. The van der Waals surface area contributed by atoms with Crippen LogP contribution in [-0.2, 0) is 5.41 Å². The van der Waals surface area contributed by atoms with E-state index < -0.39 is 0 Å². The van der Waals surface area contributed by atoms with Crippen LogP contribution in [0.25, 0.3) is 0 Å². The van der Waals surface area contributed by atoms with E-state index in [4.69, 9.17) is 4.99 Å². The summed E-state index contributed by atoms with van der Waals surface area (Å²) in [5, 5.41) is 0. The van der Waals surface area contributed by atoms with Crippen LogP contribution in [0, 0.1) is 5.92 Å². The molecule has 0 spiro atoms. The number of allylic oxidation sites excluding steroid dienone is 7. The van der Waals surface area contributed by atoms with Crippen LogP contribution in [0.2, 0.25) is 0 Å². The van der Waals surface area contributed by atoms with Crippen molar-refractivity contribution in [3.05, 3.63) is 82.1 Å². The minimum Gasteiger partial charge on any atom is -0.253 e. The average molecular weight is 404 g/mol. The lowest BCUT2D eigenvalue weighted by Gasteiger charge is -2.38. The van der Waals surface area contributed by atoms with Crippen LogP contribution in [0.4, 0.5) is 0 Å². The zero-order chi connectivity index (χ0) is 21.2. The quantitative estimate of drug-likeness (QED) is 0.436. The van der Waals surface area contributed by atoms with E-state index in [2.05, 4.69) is 84.5 Å². The van der Waals surface area contributed by atoms with Crippen molar-refractivity contribution in [3.63, 3.8) is 0 Å². The van der Waals surface area contributed by atoms with Gasteiger partial charge < -0.3 is 0 Å². The molecule has 2 aliphatic carbocycles. The average Bonchev–Trinajstić information content (AvgIpc) is 2.70. The fourth-order valence-electron chi connectivity index (χ4n) is 4.79. The van der Waals surface area contributed by atoms with Gasteiger partial charge in [-0.05, 0) is 75.5 Å². The summed E-state index contributed by atoms with van der Waals surface area (Å²) >= 11 is 0. The predicted molar refractivity (Wildman–Crippen MR) is 134 cm³/mol. The van der Waals surface area contributed by atoms with Gasteiger partial charge in [0, 0.05) is 16.7 Å². The first-order valence-corrected chi connectivity index (χ1v) is 11.2. The van der Waals surface area contributed by atoms with E-state index in [0.717, 1.165) is 25.0 Å². The van der Waals surface area contributed by atoms with Gasteiger partial charge in [-0.15, -0.1) is 0 Å². The molecule has 0 saturated heterocycles. The van der Waals surface area contributed by atoms with E-state index in [1.165, 1.54) is 52.0 Å². The highest BCUT2D eigenvalue weighted by Crippen LogP contribution is 2.45. The maximum atomic E-state index is 5.20. The molecule has 1 unspecified atom stereocenters. The van der Waals surface area contributed by atoms with Crippen LogP contribution >= 0.6 is 0 Å². The lowest BCUT2D eigenvalue weighted by molar-refractivity contribution is 0.459. The summed E-state index contributed by atoms with van der Waals surface area (Å²) in [5.41, 5.74) is 10.8. The molecule has 1 atom stereocenters. The van der Waals surface area contributed by atoms with Gasteiger partial charge in [0.25, 0.3) is 0 Å². The van der Waals surface area contributed by atoms with Gasteiger partial charge >= 0.3 is 0 Å². The summed E-state index contributed by atoms with van der Waals surface area (Å²) in [4.78, 5) is 5.20. The second-order valence-corrected chi connectivity index (χ2v) is 9.34. The second-order valence-electron chi connectivity index (χ2n) is 9.34. The molecule has 0 aliphatic heterocycles. The topological polar surface area (TPSA) is 12.4 Å². The Morgan fingerprint density at radius 3 is 2.33 bits per heavy atom. The van der Waals surface area contributed by atoms with Gasteiger partial charge in [-0.3, -0.25) is 4.99 Å². The third kappa shape index (κ3) is 4.61. The van der Waals surface area contributed by atoms with Crippen LogP contribution in [0.5, 0.6) is 0 Å². The van der Waals surface area contributed by atoms with Crippen molar-refractivity contribution in [2.45, 2.75) is 86.5 Å². The SMILES string of the molecule is C.C=C(N=C(C1=C(C)C(C)(c2ccccc2)CCC1)C1=C(C)CCC=C1C)C(C)C. The number of hydrogen-bond acceptors (Lipinski definition) is 1. The van der Waals surface area contributed by atoms with Gasteiger partial charge in [-0.2, -0.15) is 0 Å². The molecule has 0 aromatic heterocycles. The Morgan fingerprint density at radius 2 is 1.73 bits per heavy atom. The molecule has 30 heavy (non-hydrogen) atoms. The molecule has 0 fully saturated rings. The molecule has 0 N–H and O–H groups in total. The molecule has 1 aromatic rings. The Kier molecular flexibility index (Phi) is 7.86. The number of rotatable bonds is 5. The first-order valence-electron chi connectivity index (χ1n) is 11.2. The van der Waals surface area contributed by atoms with Gasteiger partial charge in [0.05, 0.1) is 5.71 Å². The molecule has 3 rings (SSSR count). The first-order chi connectivity index (χ1) is 13.8. The van der Waals surface area contributed by atoms with Crippen molar-refractivity contribution in [2.24, 2.45) is 10.9 Å². The van der Waals surface area contributed by atoms with E-state index in [1.54, 1.807) is 0 Å². The number of benzene rings is 1. The predicted octanol–water partition coefficient (Wildman–Crippen LogP) is 8.75. The summed E-state index contributed by atoms with van der Waals surface area (Å²) < 4.78 is 0. The summed E-state index contributed by atoms with van der Waals surface area (Å²) in [7, 11) is 0. The normalized spacial score (nSPS) is 22.8. The molecule has 0 amide bonds. The van der Waals surface area contributed by atoms with Crippen LogP contribution in [0.15, 0.2) is 81.5 Å². The maximum absolute atomic E-state index is 5.20. The zero-order valence-corrected chi connectivity index (χ0v) is 19.2. The Labute approximate surface area is 185 Å². The molecule has 0 saturated carbocycles. The third-order valence-corrected chi connectivity index (χ3v) is 7.03. The summed E-state index contributed by atoms with van der Waals surface area (Å²) in [5.74, 6) is 0.351. The lowest BCUT2D eigenvalue weighted by Crippen LogP contribution is -2.30. The van der Waals surface area contributed by atoms with Crippen LogP contribution in [0.1, 0.15) is 86.6 Å². The van der Waals surface area contributed by atoms with Gasteiger partial charge in [0.2, 0.25) is 0 Å². The van der Waals surface area contributed by atoms with Gasteiger partial charge in [-0.25, -0.2) is 0 Å². The monoisotopic (exact) mass is 403 g/mol. The fraction of sp³-hybridized carbons (Fsp3) is 0.483. The first kappa shape index (κ1) is 24.1. The van der Waals surface area contributed by atoms with Crippen LogP contribution in [0.3, 0.4) is 0 Å². The number of nitrogens with zero attached hydrogens (tertiary/aromatic N) is 1. The van der Waals surface area contributed by atoms with E-state index in [0.29, 0.717) is 5.92 Å². The zero-order valence-electron chi connectivity index (χ0n) is 19.2. The van der Waals surface area contributed by atoms with Crippen molar-refractivity contribution in [3.8, 4) is 0 Å². The molecule has 162 valence electrons. The molecular formula is C29H41N. The number of hydrogen-bond donors (Lipinski definition) is 0. The molecule has 0 radical (unpaired) electrons. The smallest absolute Gasteiger partial charge is 0.0738 e. The highest BCUT2D eigenvalue weighted by Gasteiger charge is 2.35. The summed E-state index contributed by atoms with van der Waals surface area (Å²) in [6.45, 7) is 18.0. The van der Waals surface area contributed by atoms with E-state index >= 15 is 0 Å². The second kappa shape index (κ2) is 9.77.